The fourth-order valence-electron chi connectivity index (χ4n) is 12.4. The van der Waals surface area contributed by atoms with Gasteiger partial charge in [0.15, 0.2) is 11.6 Å². The Labute approximate surface area is 468 Å². The number of fused-ring (bicyclic) bond motifs is 12. The van der Waals surface area contributed by atoms with Gasteiger partial charge in [-0.15, -0.1) is 0 Å². The molecule has 10 heteroatoms. The lowest BCUT2D eigenvalue weighted by Gasteiger charge is -2.13. The van der Waals surface area contributed by atoms with Gasteiger partial charge in [0.25, 0.3) is 0 Å². The molecule has 0 radical (unpaired) electrons. The molecule has 0 aliphatic rings. The molecular formula is C72H44N10. The summed E-state index contributed by atoms with van der Waals surface area (Å²) < 4.78 is 8.66. The number of para-hydroxylation sites is 8. The lowest BCUT2D eigenvalue weighted by molar-refractivity contribution is 0.892. The van der Waals surface area contributed by atoms with Crippen LogP contribution in [0.15, 0.2) is 267 Å². The number of rotatable bonds is 8. The minimum absolute atomic E-state index is 0.544. The van der Waals surface area contributed by atoms with Crippen LogP contribution in [0.4, 0.5) is 0 Å². The molecule has 17 rings (SSSR count). The first-order valence-corrected chi connectivity index (χ1v) is 27.4. The lowest BCUT2D eigenvalue weighted by atomic mass is 9.98. The lowest BCUT2D eigenvalue weighted by Crippen LogP contribution is -2.10. The van der Waals surface area contributed by atoms with E-state index in [2.05, 4.69) is 285 Å². The highest BCUT2D eigenvalue weighted by molar-refractivity contribution is 6.12. The second-order valence-electron chi connectivity index (χ2n) is 20.7. The SMILES string of the molecule is c1cc(-c2ccc(-c3ccc(-c4nc(-n5c6ccccc6c6ccccc65)nc(-n5c6ccccc6c6ccccc65)n4)cc3)cc2)cc(-c2nc(-n3c4ccccc4c4ccccc43)nc(-n3c4ccccc4c4ccccc43)n2)c1. The van der Waals surface area contributed by atoms with Gasteiger partial charge in [-0.3, -0.25) is 18.3 Å². The van der Waals surface area contributed by atoms with E-state index in [0.29, 0.717) is 35.4 Å². The summed E-state index contributed by atoms with van der Waals surface area (Å²) >= 11 is 0. The van der Waals surface area contributed by atoms with Crippen LogP contribution < -0.4 is 0 Å². The Morgan fingerprint density at radius 2 is 0.390 bits per heavy atom. The van der Waals surface area contributed by atoms with E-state index in [9.17, 15) is 0 Å². The second kappa shape index (κ2) is 18.1. The average molecular weight is 1050 g/mol. The molecule has 0 N–H and O–H groups in total. The maximum absolute atomic E-state index is 5.35. The molecule has 0 bridgehead atoms. The number of hydrogen-bond donors (Lipinski definition) is 0. The molecule has 0 amide bonds. The van der Waals surface area contributed by atoms with E-state index in [0.717, 1.165) is 121 Å². The van der Waals surface area contributed by atoms with Crippen molar-refractivity contribution in [3.05, 3.63) is 267 Å². The molecule has 82 heavy (non-hydrogen) atoms. The molecule has 0 aliphatic heterocycles. The maximum Gasteiger partial charge on any atom is 0.240 e. The Hall–Kier alpha value is -11.4. The van der Waals surface area contributed by atoms with Crippen LogP contribution in [-0.4, -0.2) is 48.2 Å². The molecule has 0 saturated carbocycles. The van der Waals surface area contributed by atoms with Crippen LogP contribution in [0.2, 0.25) is 0 Å². The minimum atomic E-state index is 0.544. The normalized spacial score (nSPS) is 11.9. The van der Waals surface area contributed by atoms with E-state index in [1.54, 1.807) is 0 Å². The zero-order chi connectivity index (χ0) is 53.8. The molecule has 0 aliphatic carbocycles. The van der Waals surface area contributed by atoms with E-state index in [-0.39, 0.29) is 0 Å². The third kappa shape index (κ3) is 7.08. The summed E-state index contributed by atoms with van der Waals surface area (Å²) in [6.45, 7) is 0. The van der Waals surface area contributed by atoms with Gasteiger partial charge in [-0.25, -0.2) is 0 Å². The van der Waals surface area contributed by atoms with E-state index >= 15 is 0 Å². The highest BCUT2D eigenvalue weighted by atomic mass is 15.3. The summed E-state index contributed by atoms with van der Waals surface area (Å²) in [5.74, 6) is 3.33. The third-order valence-electron chi connectivity index (χ3n) is 16.2. The summed E-state index contributed by atoms with van der Waals surface area (Å²) in [7, 11) is 0. The highest BCUT2D eigenvalue weighted by Crippen LogP contribution is 2.38. The molecule has 10 nitrogen and oxygen atoms in total. The minimum Gasteiger partial charge on any atom is -0.278 e. The van der Waals surface area contributed by atoms with Crippen LogP contribution >= 0.6 is 0 Å². The summed E-state index contributed by atoms with van der Waals surface area (Å²) in [4.78, 5) is 31.9. The number of hydrogen-bond acceptors (Lipinski definition) is 6. The second-order valence-corrected chi connectivity index (χ2v) is 20.7. The molecule has 0 unspecified atom stereocenters. The summed E-state index contributed by atoms with van der Waals surface area (Å²) in [5.41, 5.74) is 14.2. The van der Waals surface area contributed by atoms with Crippen LogP contribution in [0.25, 0.3) is 156 Å². The Morgan fingerprint density at radius 1 is 0.171 bits per heavy atom. The van der Waals surface area contributed by atoms with Gasteiger partial charge in [-0.2, -0.15) is 29.9 Å². The quantitative estimate of drug-likeness (QED) is 0.150. The molecule has 0 spiro atoms. The van der Waals surface area contributed by atoms with Crippen LogP contribution in [-0.2, 0) is 0 Å². The Morgan fingerprint density at radius 3 is 0.671 bits per heavy atom. The number of nitrogens with zero attached hydrogens (tertiary/aromatic N) is 10. The smallest absolute Gasteiger partial charge is 0.240 e. The van der Waals surface area contributed by atoms with Gasteiger partial charge in [0.1, 0.15) is 0 Å². The van der Waals surface area contributed by atoms with E-state index in [4.69, 9.17) is 29.9 Å². The molecule has 0 atom stereocenters. The highest BCUT2D eigenvalue weighted by Gasteiger charge is 2.23. The van der Waals surface area contributed by atoms with Gasteiger partial charge in [0.05, 0.1) is 44.1 Å². The van der Waals surface area contributed by atoms with Crippen molar-refractivity contribution in [2.45, 2.75) is 0 Å². The van der Waals surface area contributed by atoms with Crippen molar-refractivity contribution < 1.29 is 0 Å². The fourth-order valence-corrected chi connectivity index (χ4v) is 12.4. The molecule has 0 fully saturated rings. The number of benzene rings is 11. The van der Waals surface area contributed by atoms with Crippen LogP contribution in [0.1, 0.15) is 0 Å². The van der Waals surface area contributed by atoms with Crippen molar-refractivity contribution in [1.29, 1.82) is 0 Å². The topological polar surface area (TPSA) is 97.1 Å². The molecule has 11 aromatic carbocycles. The zero-order valence-corrected chi connectivity index (χ0v) is 43.9. The van der Waals surface area contributed by atoms with E-state index in [1.165, 1.54) is 0 Å². The van der Waals surface area contributed by atoms with Crippen molar-refractivity contribution in [2.75, 3.05) is 0 Å². The Balaban J connectivity index is 0.751. The van der Waals surface area contributed by atoms with Crippen LogP contribution in [0, 0.1) is 0 Å². The third-order valence-corrected chi connectivity index (χ3v) is 16.2. The first-order valence-electron chi connectivity index (χ1n) is 27.4. The van der Waals surface area contributed by atoms with Crippen molar-refractivity contribution in [3.8, 4) is 68.8 Å². The van der Waals surface area contributed by atoms with Gasteiger partial charge >= 0.3 is 0 Å². The standard InChI is InChI=1S/C72H44N10/c1-9-28-59-51(20-1)52-21-2-10-29-60(52)79(59)69-73-67(74-70(77-69)80-61-30-11-3-22-53(61)54-23-4-12-31-62(54)80)48-42-40-46(41-43-48)45-36-38-47(39-37-45)49-18-17-19-50(44-49)68-75-71(81-63-32-13-5-24-55(63)56-25-6-14-33-64(56)81)78-72(76-68)82-65-34-15-7-26-57(65)58-27-8-16-35-66(58)82/h1-44H. The van der Waals surface area contributed by atoms with Gasteiger partial charge < -0.3 is 0 Å². The molecule has 17 aromatic rings. The van der Waals surface area contributed by atoms with Gasteiger partial charge in [0, 0.05) is 54.2 Å². The van der Waals surface area contributed by atoms with E-state index < -0.39 is 0 Å². The Bertz CT molecular complexity index is 4940. The Kier molecular flexibility index (Phi) is 10.1. The summed E-state index contributed by atoms with van der Waals surface area (Å²) in [5, 5.41) is 9.10. The van der Waals surface area contributed by atoms with Crippen molar-refractivity contribution in [1.82, 2.24) is 48.2 Å². The molecule has 6 heterocycles. The fraction of sp³-hybridized carbons (Fsp3) is 0. The van der Waals surface area contributed by atoms with Gasteiger partial charge in [-0.1, -0.05) is 212 Å². The first kappa shape index (κ1) is 45.6. The predicted molar refractivity (Wildman–Crippen MR) is 332 cm³/mol. The van der Waals surface area contributed by atoms with Crippen molar-refractivity contribution in [2.24, 2.45) is 0 Å². The molecular weight excluding hydrogens is 1000 g/mol. The van der Waals surface area contributed by atoms with Crippen LogP contribution in [0.5, 0.6) is 0 Å². The average Bonchev–Trinajstić information content (AvgIpc) is 4.36. The van der Waals surface area contributed by atoms with Gasteiger partial charge in [0.2, 0.25) is 23.8 Å². The summed E-state index contributed by atoms with van der Waals surface area (Å²) in [6.07, 6.45) is 0. The van der Waals surface area contributed by atoms with Crippen LogP contribution in [0.3, 0.4) is 0 Å². The number of aromatic nitrogens is 10. The predicted octanol–water partition coefficient (Wildman–Crippen LogP) is 17.1. The van der Waals surface area contributed by atoms with E-state index in [1.807, 2.05) is 0 Å². The van der Waals surface area contributed by atoms with Gasteiger partial charge in [-0.05, 0) is 76.9 Å². The maximum atomic E-state index is 5.35. The molecule has 0 saturated heterocycles. The zero-order valence-electron chi connectivity index (χ0n) is 43.9. The summed E-state index contributed by atoms with van der Waals surface area (Å²) in [6, 6.07) is 93.4. The molecule has 6 aromatic heterocycles. The van der Waals surface area contributed by atoms with Crippen molar-refractivity contribution in [3.63, 3.8) is 0 Å². The molecule has 382 valence electrons. The largest absolute Gasteiger partial charge is 0.278 e. The van der Waals surface area contributed by atoms with Crippen molar-refractivity contribution >= 4 is 87.2 Å². The first-order chi connectivity index (χ1) is 40.7. The monoisotopic (exact) mass is 1050 g/mol.